The molecule has 0 aliphatic carbocycles. The fraction of sp³-hybridized carbons (Fsp3) is 0.263. The summed E-state index contributed by atoms with van der Waals surface area (Å²) in [5.41, 5.74) is 3.53. The van der Waals surface area contributed by atoms with Gasteiger partial charge in [0.05, 0.1) is 39.9 Å². The van der Waals surface area contributed by atoms with Crippen molar-refractivity contribution in [3.63, 3.8) is 0 Å². The zero-order valence-corrected chi connectivity index (χ0v) is 30.0. The largest absolute Gasteiger partial charge is 0.334 e. The first-order valence-corrected chi connectivity index (χ1v) is 18.6. The number of benzene rings is 1. The van der Waals surface area contributed by atoms with Crippen molar-refractivity contribution >= 4 is 33.7 Å². The summed E-state index contributed by atoms with van der Waals surface area (Å²) >= 11 is 0. The number of rotatable bonds is 14. The summed E-state index contributed by atoms with van der Waals surface area (Å²) in [6, 6.07) is 19.8. The van der Waals surface area contributed by atoms with E-state index in [1.165, 1.54) is 35.3 Å². The van der Waals surface area contributed by atoms with Gasteiger partial charge in [0.25, 0.3) is 5.56 Å². The lowest BCUT2D eigenvalue weighted by Crippen LogP contribution is -2.40. The van der Waals surface area contributed by atoms with Crippen molar-refractivity contribution in [3.8, 4) is 28.6 Å². The minimum atomic E-state index is -3.52. The number of pyridine rings is 3. The first-order valence-electron chi connectivity index (χ1n) is 16.7. The third kappa shape index (κ3) is 9.79. The summed E-state index contributed by atoms with van der Waals surface area (Å²) in [5.74, 6) is 0.169. The number of sulfone groups is 1. The van der Waals surface area contributed by atoms with Crippen molar-refractivity contribution in [2.75, 3.05) is 17.7 Å². The maximum absolute atomic E-state index is 13.6. The molecule has 1 N–H and O–H groups in total. The number of hydrogen-bond acceptors (Lipinski definition) is 10. The summed E-state index contributed by atoms with van der Waals surface area (Å²) in [4.78, 5) is 49.3. The second-order valence-corrected chi connectivity index (χ2v) is 14.3. The Labute approximate surface area is 302 Å². The number of nitriles is 1. The van der Waals surface area contributed by atoms with Crippen LogP contribution in [0.4, 0.5) is 16.4 Å². The van der Waals surface area contributed by atoms with E-state index in [2.05, 4.69) is 43.2 Å². The predicted molar refractivity (Wildman–Crippen MR) is 200 cm³/mol. The van der Waals surface area contributed by atoms with E-state index in [0.29, 0.717) is 48.4 Å². The number of nitrogens with one attached hydrogen (secondary N) is 1. The Morgan fingerprint density at radius 1 is 1.04 bits per heavy atom. The molecule has 0 saturated carbocycles. The molecule has 0 aliphatic heterocycles. The molecule has 0 saturated heterocycles. The first-order chi connectivity index (χ1) is 25.0. The van der Waals surface area contributed by atoms with Crippen LogP contribution in [0.2, 0.25) is 0 Å². The van der Waals surface area contributed by atoms with E-state index < -0.39 is 9.84 Å². The quantitative estimate of drug-likeness (QED) is 0.137. The van der Waals surface area contributed by atoms with Gasteiger partial charge in [0.15, 0.2) is 9.84 Å². The van der Waals surface area contributed by atoms with Crippen molar-refractivity contribution < 1.29 is 13.2 Å². The minimum absolute atomic E-state index is 0.0124. The van der Waals surface area contributed by atoms with Gasteiger partial charge in [-0.3, -0.25) is 19.7 Å². The van der Waals surface area contributed by atoms with Gasteiger partial charge >= 0.3 is 6.03 Å². The third-order valence-electron chi connectivity index (χ3n) is 8.32. The molecular weight excluding hydrogens is 679 g/mol. The molecule has 1 aromatic carbocycles. The Balaban J connectivity index is 1.32. The highest BCUT2D eigenvalue weighted by Gasteiger charge is 2.18. The number of nitrogens with zero attached hydrogens (tertiary/aromatic N) is 8. The van der Waals surface area contributed by atoms with E-state index in [1.54, 1.807) is 36.6 Å². The number of urea groups is 1. The van der Waals surface area contributed by atoms with E-state index in [1.807, 2.05) is 42.5 Å². The number of aliphatic imine (C=N–C) groups is 1. The van der Waals surface area contributed by atoms with Gasteiger partial charge in [-0.15, -0.1) is 0 Å². The molecule has 1 atom stereocenters. The normalized spacial score (nSPS) is 12.0. The average molecular weight is 718 g/mol. The van der Waals surface area contributed by atoms with Crippen LogP contribution in [0.25, 0.3) is 22.5 Å². The van der Waals surface area contributed by atoms with Crippen LogP contribution in [0.3, 0.4) is 0 Å². The van der Waals surface area contributed by atoms with E-state index in [-0.39, 0.29) is 39.6 Å². The van der Waals surface area contributed by atoms with Crippen molar-refractivity contribution in [2.45, 2.75) is 44.0 Å². The molecule has 1 unspecified atom stereocenters. The van der Waals surface area contributed by atoms with Crippen LogP contribution in [0, 0.1) is 17.2 Å². The highest BCUT2D eigenvalue weighted by molar-refractivity contribution is 7.90. The second kappa shape index (κ2) is 17.2. The zero-order chi connectivity index (χ0) is 37.1. The zero-order valence-electron chi connectivity index (χ0n) is 29.2. The Kier molecular flexibility index (Phi) is 12.3. The van der Waals surface area contributed by atoms with Crippen molar-refractivity contribution in [2.24, 2.45) is 18.0 Å². The topological polar surface area (TPSA) is 176 Å². The Hall–Kier alpha value is -6.07. The van der Waals surface area contributed by atoms with Crippen molar-refractivity contribution in [1.82, 2.24) is 29.8 Å². The summed E-state index contributed by atoms with van der Waals surface area (Å²) in [5, 5.41) is 12.7. The fourth-order valence-corrected chi connectivity index (χ4v) is 6.07. The number of carbonyl (C=O) groups excluding carboxylic acids is 1. The van der Waals surface area contributed by atoms with E-state index >= 15 is 0 Å². The van der Waals surface area contributed by atoms with Gasteiger partial charge in [0.1, 0.15) is 6.07 Å². The first kappa shape index (κ1) is 37.2. The van der Waals surface area contributed by atoms with Crippen LogP contribution in [0.5, 0.6) is 0 Å². The van der Waals surface area contributed by atoms with Crippen LogP contribution in [-0.2, 0) is 23.4 Å². The summed E-state index contributed by atoms with van der Waals surface area (Å²) < 4.78 is 25.7. The van der Waals surface area contributed by atoms with Gasteiger partial charge in [0.2, 0.25) is 5.95 Å². The molecule has 266 valence electrons. The molecule has 14 heteroatoms. The van der Waals surface area contributed by atoms with E-state index in [4.69, 9.17) is 0 Å². The monoisotopic (exact) mass is 717 g/mol. The highest BCUT2D eigenvalue weighted by atomic mass is 32.2. The lowest BCUT2D eigenvalue weighted by atomic mass is 9.99. The molecule has 5 rings (SSSR count). The molecule has 4 heterocycles. The molecule has 4 aromatic heterocycles. The van der Waals surface area contributed by atoms with Crippen molar-refractivity contribution in [3.05, 3.63) is 113 Å². The molecule has 52 heavy (non-hydrogen) atoms. The Morgan fingerprint density at radius 2 is 1.85 bits per heavy atom. The van der Waals surface area contributed by atoms with Gasteiger partial charge < -0.3 is 9.88 Å². The Bertz CT molecular complexity index is 2250. The van der Waals surface area contributed by atoms with Crippen LogP contribution in [0.15, 0.2) is 106 Å². The summed E-state index contributed by atoms with van der Waals surface area (Å²) in [6.45, 7) is 2.85. The smallest absolute Gasteiger partial charge is 0.322 e. The van der Waals surface area contributed by atoms with Gasteiger partial charge in [-0.05, 0) is 55.0 Å². The Morgan fingerprint density at radius 3 is 2.54 bits per heavy atom. The molecule has 0 radical (unpaired) electrons. The van der Waals surface area contributed by atoms with Crippen molar-refractivity contribution in [1.29, 1.82) is 5.26 Å². The third-order valence-corrected chi connectivity index (χ3v) is 9.40. The van der Waals surface area contributed by atoms with Crippen LogP contribution in [0.1, 0.15) is 43.7 Å². The SMILES string of the molecule is CCCC(C=Nc1ncc(C#N)c(-c2cncc(S(C)(=O)=O)c2)n1)CCCN(C(=O)NCc1ccccc1)c1ccc(-c2ccn(C)c(=O)c2)nc1. The van der Waals surface area contributed by atoms with Crippen LogP contribution in [-0.4, -0.2) is 58.0 Å². The molecule has 13 nitrogen and oxygen atoms in total. The molecule has 0 spiro atoms. The number of anilines is 1. The van der Waals surface area contributed by atoms with E-state index in [0.717, 1.165) is 24.7 Å². The standard InChI is InChI=1S/C38H39N9O4S/c1-4-9-27(21-42-37-43-24-31(20-39)36(45-37)30-18-33(26-40-23-30)52(3,50)51)12-8-16-47(38(49)44-22-28-10-6-5-7-11-28)32-13-14-34(41-25-32)29-15-17-46(2)35(48)19-29/h5-7,10-11,13-15,17-19,21,23-27H,4,8-9,12,16,22H2,1-3H3,(H,44,49). The maximum atomic E-state index is 13.6. The maximum Gasteiger partial charge on any atom is 0.322 e. The van der Waals surface area contributed by atoms with Crippen LogP contribution >= 0.6 is 0 Å². The summed E-state index contributed by atoms with van der Waals surface area (Å²) in [6.07, 6.45) is 13.3. The summed E-state index contributed by atoms with van der Waals surface area (Å²) in [7, 11) is -1.84. The number of amides is 2. The number of hydrogen-bond donors (Lipinski definition) is 1. The van der Waals surface area contributed by atoms with Gasteiger partial charge in [-0.25, -0.2) is 28.2 Å². The lowest BCUT2D eigenvalue weighted by Gasteiger charge is -2.24. The lowest BCUT2D eigenvalue weighted by molar-refractivity contribution is 0.245. The molecule has 5 aromatic rings. The van der Waals surface area contributed by atoms with Gasteiger partial charge in [-0.2, -0.15) is 5.26 Å². The minimum Gasteiger partial charge on any atom is -0.334 e. The van der Waals surface area contributed by atoms with E-state index in [9.17, 15) is 23.3 Å². The number of aromatic nitrogens is 5. The predicted octanol–water partition coefficient (Wildman–Crippen LogP) is 5.89. The average Bonchev–Trinajstić information content (AvgIpc) is 3.15. The molecule has 2 amide bonds. The second-order valence-electron chi connectivity index (χ2n) is 12.3. The fourth-order valence-electron chi connectivity index (χ4n) is 5.48. The van der Waals surface area contributed by atoms with Gasteiger partial charge in [0, 0.05) is 68.4 Å². The van der Waals surface area contributed by atoms with Gasteiger partial charge in [-0.1, -0.05) is 43.7 Å². The molecule has 0 fully saturated rings. The molecule has 0 aliphatic rings. The van der Waals surface area contributed by atoms with Crippen LogP contribution < -0.4 is 15.8 Å². The number of carbonyl (C=O) groups is 1. The number of aryl methyl sites for hydroxylation is 1. The molecular formula is C38H39N9O4S. The molecule has 0 bridgehead atoms. The highest BCUT2D eigenvalue weighted by Crippen LogP contribution is 2.25.